The van der Waals surface area contributed by atoms with Crippen LogP contribution in [0.1, 0.15) is 24.8 Å². The predicted octanol–water partition coefficient (Wildman–Crippen LogP) is 3.42. The Morgan fingerprint density at radius 3 is 3.06 bits per heavy atom. The summed E-state index contributed by atoms with van der Waals surface area (Å²) in [6.07, 6.45) is 5.99. The lowest BCUT2D eigenvalue weighted by molar-refractivity contribution is 0.457. The van der Waals surface area contributed by atoms with E-state index in [1.807, 2.05) is 23.9 Å². The molecule has 1 aromatic carbocycles. The van der Waals surface area contributed by atoms with Gasteiger partial charge >= 0.3 is 0 Å². The van der Waals surface area contributed by atoms with Crippen LogP contribution in [0.5, 0.6) is 5.75 Å². The molecule has 2 N–H and O–H groups in total. The molecule has 1 aliphatic rings. The highest BCUT2D eigenvalue weighted by Gasteiger charge is 2.25. The maximum absolute atomic E-state index is 9.82. The molecule has 0 spiro atoms. The van der Waals surface area contributed by atoms with Crippen LogP contribution in [0.4, 0.5) is 0 Å². The number of rotatable bonds is 4. The Balaban J connectivity index is 1.95. The number of hydrogen-bond acceptors (Lipinski definition) is 3. The number of para-hydroxylation sites is 1. The van der Waals surface area contributed by atoms with E-state index < -0.39 is 0 Å². The number of nitrogens with one attached hydrogen (secondary N) is 1. The largest absolute Gasteiger partial charge is 0.506 e. The first-order valence-corrected chi connectivity index (χ1v) is 7.61. The van der Waals surface area contributed by atoms with Gasteiger partial charge in [0, 0.05) is 23.4 Å². The summed E-state index contributed by atoms with van der Waals surface area (Å²) in [4.78, 5) is 0. The van der Waals surface area contributed by atoms with E-state index in [9.17, 15) is 5.11 Å². The summed E-state index contributed by atoms with van der Waals surface area (Å²) in [7, 11) is 0. The van der Waals surface area contributed by atoms with Gasteiger partial charge in [0.05, 0.1) is 5.02 Å². The maximum Gasteiger partial charge on any atom is 0.138 e. The summed E-state index contributed by atoms with van der Waals surface area (Å²) >= 11 is 7.82. The van der Waals surface area contributed by atoms with Crippen molar-refractivity contribution in [2.24, 2.45) is 0 Å². The number of thioether (sulfide) groups is 1. The Hall–Kier alpha value is -0.380. The number of benzene rings is 1. The smallest absolute Gasteiger partial charge is 0.138 e. The molecule has 0 bridgehead atoms. The highest BCUT2D eigenvalue weighted by molar-refractivity contribution is 7.99. The zero-order valence-corrected chi connectivity index (χ0v) is 11.5. The van der Waals surface area contributed by atoms with Crippen LogP contribution in [0, 0.1) is 0 Å². The van der Waals surface area contributed by atoms with Crippen molar-refractivity contribution in [3.63, 3.8) is 0 Å². The minimum Gasteiger partial charge on any atom is -0.506 e. The molecule has 0 aliphatic heterocycles. The van der Waals surface area contributed by atoms with Crippen LogP contribution >= 0.6 is 23.4 Å². The van der Waals surface area contributed by atoms with Crippen LogP contribution in [0.25, 0.3) is 0 Å². The van der Waals surface area contributed by atoms with Crippen molar-refractivity contribution in [2.45, 2.75) is 37.1 Å². The third-order valence-electron chi connectivity index (χ3n) is 3.38. The lowest BCUT2D eigenvalue weighted by Gasteiger charge is -2.19. The van der Waals surface area contributed by atoms with Crippen molar-refractivity contribution in [1.82, 2.24) is 5.32 Å². The molecular formula is C13H18ClNOS. The van der Waals surface area contributed by atoms with Crippen molar-refractivity contribution in [1.29, 1.82) is 0 Å². The molecule has 2 atom stereocenters. The molecule has 4 heteroatoms. The Morgan fingerprint density at radius 1 is 1.47 bits per heavy atom. The monoisotopic (exact) mass is 271 g/mol. The van der Waals surface area contributed by atoms with Gasteiger partial charge in [-0.05, 0) is 25.2 Å². The second-order valence-corrected chi connectivity index (χ2v) is 5.92. The van der Waals surface area contributed by atoms with Crippen LogP contribution in [0.3, 0.4) is 0 Å². The minimum atomic E-state index is 0.209. The lowest BCUT2D eigenvalue weighted by Crippen LogP contribution is -2.33. The Bertz CT molecular complexity index is 386. The van der Waals surface area contributed by atoms with Crippen molar-refractivity contribution in [2.75, 3.05) is 6.26 Å². The number of halogens is 1. The average Bonchev–Trinajstić information content (AvgIpc) is 2.78. The Kier molecular flexibility index (Phi) is 4.60. The minimum absolute atomic E-state index is 0.209. The van der Waals surface area contributed by atoms with Crippen molar-refractivity contribution in [3.8, 4) is 5.75 Å². The number of aromatic hydroxyl groups is 1. The normalized spacial score (nSPS) is 24.1. The van der Waals surface area contributed by atoms with E-state index in [2.05, 4.69) is 11.6 Å². The number of hydrogen-bond donors (Lipinski definition) is 2. The van der Waals surface area contributed by atoms with E-state index >= 15 is 0 Å². The van der Waals surface area contributed by atoms with E-state index in [-0.39, 0.29) is 5.75 Å². The van der Waals surface area contributed by atoms with E-state index in [1.165, 1.54) is 19.3 Å². The van der Waals surface area contributed by atoms with Crippen LogP contribution in [-0.4, -0.2) is 22.7 Å². The first-order chi connectivity index (χ1) is 8.22. The fourth-order valence-electron chi connectivity index (χ4n) is 2.39. The van der Waals surface area contributed by atoms with Crippen LogP contribution in [-0.2, 0) is 6.54 Å². The van der Waals surface area contributed by atoms with Gasteiger partial charge in [-0.25, -0.2) is 0 Å². The van der Waals surface area contributed by atoms with Gasteiger partial charge in [0.2, 0.25) is 0 Å². The SMILES string of the molecule is CSC1CCCC1NCc1cccc(Cl)c1O. The molecule has 0 radical (unpaired) electrons. The molecule has 2 nitrogen and oxygen atoms in total. The van der Waals surface area contributed by atoms with Crippen LogP contribution < -0.4 is 5.32 Å². The molecule has 2 rings (SSSR count). The molecule has 94 valence electrons. The first kappa shape index (κ1) is 13.1. The highest BCUT2D eigenvalue weighted by atomic mass is 35.5. The van der Waals surface area contributed by atoms with Gasteiger partial charge in [-0.2, -0.15) is 11.8 Å². The molecule has 0 amide bonds. The number of phenolic OH excluding ortho intramolecular Hbond substituents is 1. The van der Waals surface area contributed by atoms with E-state index in [0.29, 0.717) is 22.9 Å². The number of phenols is 1. The zero-order chi connectivity index (χ0) is 12.3. The average molecular weight is 272 g/mol. The zero-order valence-electron chi connectivity index (χ0n) is 9.95. The molecule has 0 saturated heterocycles. The lowest BCUT2D eigenvalue weighted by atomic mass is 10.1. The van der Waals surface area contributed by atoms with E-state index in [4.69, 9.17) is 11.6 Å². The molecule has 0 aromatic heterocycles. The highest BCUT2D eigenvalue weighted by Crippen LogP contribution is 2.30. The van der Waals surface area contributed by atoms with E-state index in [0.717, 1.165) is 5.56 Å². The molecular weight excluding hydrogens is 254 g/mol. The summed E-state index contributed by atoms with van der Waals surface area (Å²) < 4.78 is 0. The van der Waals surface area contributed by atoms with Gasteiger partial charge in [-0.3, -0.25) is 0 Å². The maximum atomic E-state index is 9.82. The van der Waals surface area contributed by atoms with Gasteiger partial charge in [-0.15, -0.1) is 0 Å². The second kappa shape index (κ2) is 5.98. The summed E-state index contributed by atoms with van der Waals surface area (Å²) in [5.41, 5.74) is 0.879. The summed E-state index contributed by atoms with van der Waals surface area (Å²) in [5.74, 6) is 0.209. The fourth-order valence-corrected chi connectivity index (χ4v) is 3.54. The van der Waals surface area contributed by atoms with Crippen molar-refractivity contribution < 1.29 is 5.11 Å². The van der Waals surface area contributed by atoms with Gasteiger partial charge in [0.15, 0.2) is 0 Å². The summed E-state index contributed by atoms with van der Waals surface area (Å²) in [6.45, 7) is 0.689. The van der Waals surface area contributed by atoms with Gasteiger partial charge < -0.3 is 10.4 Å². The second-order valence-electron chi connectivity index (χ2n) is 4.44. The topological polar surface area (TPSA) is 32.3 Å². The molecule has 2 unspecified atom stereocenters. The summed E-state index contributed by atoms with van der Waals surface area (Å²) in [6, 6.07) is 6.06. The molecule has 1 saturated carbocycles. The van der Waals surface area contributed by atoms with Gasteiger partial charge in [0.1, 0.15) is 5.75 Å². The van der Waals surface area contributed by atoms with Crippen molar-refractivity contribution >= 4 is 23.4 Å². The predicted molar refractivity (Wildman–Crippen MR) is 74.9 cm³/mol. The van der Waals surface area contributed by atoms with Crippen molar-refractivity contribution in [3.05, 3.63) is 28.8 Å². The fraction of sp³-hybridized carbons (Fsp3) is 0.538. The van der Waals surface area contributed by atoms with E-state index in [1.54, 1.807) is 6.07 Å². The summed E-state index contributed by atoms with van der Waals surface area (Å²) in [5, 5.41) is 14.5. The third-order valence-corrected chi connectivity index (χ3v) is 4.86. The van der Waals surface area contributed by atoms with Crippen LogP contribution in [0.2, 0.25) is 5.02 Å². The molecule has 17 heavy (non-hydrogen) atoms. The quantitative estimate of drug-likeness (QED) is 0.880. The molecule has 1 fully saturated rings. The molecule has 1 aliphatic carbocycles. The van der Waals surface area contributed by atoms with Gasteiger partial charge in [0.25, 0.3) is 0 Å². The Morgan fingerprint density at radius 2 is 2.29 bits per heavy atom. The molecule has 1 aromatic rings. The van der Waals surface area contributed by atoms with Crippen LogP contribution in [0.15, 0.2) is 18.2 Å². The standard InChI is InChI=1S/C13H18ClNOS/c1-17-12-7-3-6-11(12)15-8-9-4-2-5-10(14)13(9)16/h2,4-5,11-12,15-16H,3,6-8H2,1H3. The third kappa shape index (κ3) is 3.09. The first-order valence-electron chi connectivity index (χ1n) is 5.95. The molecule has 0 heterocycles. The van der Waals surface area contributed by atoms with Gasteiger partial charge in [-0.1, -0.05) is 30.2 Å². The Labute approximate surface area is 112 Å².